The van der Waals surface area contributed by atoms with Crippen molar-refractivity contribution >= 4 is 5.97 Å². The van der Waals surface area contributed by atoms with Crippen molar-refractivity contribution in [2.45, 2.75) is 26.1 Å². The molecule has 0 aliphatic heterocycles. The Morgan fingerprint density at radius 2 is 2.00 bits per heavy atom. The van der Waals surface area contributed by atoms with Crippen molar-refractivity contribution < 1.29 is 41.0 Å². The Morgan fingerprint density at radius 1 is 1.36 bits per heavy atom. The quantitative estimate of drug-likeness (QED) is 0.593. The summed E-state index contributed by atoms with van der Waals surface area (Å²) in [5.41, 5.74) is -1.40. The molecule has 0 atom stereocenters. The monoisotopic (exact) mass is 329 g/mol. The first-order valence-electron chi connectivity index (χ1n) is 5.95. The molecule has 0 saturated heterocycles. The van der Waals surface area contributed by atoms with E-state index in [-0.39, 0.29) is 12.3 Å². The minimum atomic E-state index is -5.18. The number of rotatable bonds is 6. The molecule has 0 fully saturated rings. The van der Waals surface area contributed by atoms with Crippen molar-refractivity contribution in [1.29, 1.82) is 0 Å². The SMILES string of the molecule is CCOC(=O)Cc1cc(OC(F)(F)F)c(C(F)F)c(OC)n1. The third-order valence-corrected chi connectivity index (χ3v) is 2.31. The zero-order valence-corrected chi connectivity index (χ0v) is 11.5. The van der Waals surface area contributed by atoms with Gasteiger partial charge in [0.1, 0.15) is 11.3 Å². The molecule has 1 aromatic heterocycles. The van der Waals surface area contributed by atoms with Crippen LogP contribution in [0, 0.1) is 0 Å². The Morgan fingerprint density at radius 3 is 2.45 bits per heavy atom. The van der Waals surface area contributed by atoms with Crippen LogP contribution >= 0.6 is 0 Å². The lowest BCUT2D eigenvalue weighted by Gasteiger charge is -2.16. The van der Waals surface area contributed by atoms with Gasteiger partial charge in [0.2, 0.25) is 5.88 Å². The highest BCUT2D eigenvalue weighted by atomic mass is 19.4. The molecule has 1 aromatic rings. The number of alkyl halides is 5. The zero-order chi connectivity index (χ0) is 16.9. The van der Waals surface area contributed by atoms with Gasteiger partial charge in [-0.1, -0.05) is 0 Å². The highest BCUT2D eigenvalue weighted by molar-refractivity contribution is 5.72. The molecule has 0 N–H and O–H groups in total. The number of aromatic nitrogens is 1. The third kappa shape index (κ3) is 5.01. The van der Waals surface area contributed by atoms with E-state index in [0.717, 1.165) is 7.11 Å². The van der Waals surface area contributed by atoms with Crippen molar-refractivity contribution in [3.63, 3.8) is 0 Å². The predicted molar refractivity (Wildman–Crippen MR) is 62.8 cm³/mol. The van der Waals surface area contributed by atoms with Gasteiger partial charge in [-0.05, 0) is 6.92 Å². The van der Waals surface area contributed by atoms with E-state index >= 15 is 0 Å². The van der Waals surface area contributed by atoms with Gasteiger partial charge >= 0.3 is 12.3 Å². The molecular formula is C12H12F5NO4. The molecule has 0 radical (unpaired) electrons. The fourth-order valence-electron chi connectivity index (χ4n) is 1.57. The smallest absolute Gasteiger partial charge is 0.481 e. The summed E-state index contributed by atoms with van der Waals surface area (Å²) in [7, 11) is 0.958. The largest absolute Gasteiger partial charge is 0.573 e. The van der Waals surface area contributed by atoms with Gasteiger partial charge in [-0.25, -0.2) is 13.8 Å². The summed E-state index contributed by atoms with van der Waals surface area (Å²) >= 11 is 0. The van der Waals surface area contributed by atoms with Crippen LogP contribution in [0.4, 0.5) is 22.0 Å². The molecule has 0 unspecified atom stereocenters. The van der Waals surface area contributed by atoms with Crippen LogP contribution in [-0.4, -0.2) is 31.0 Å². The van der Waals surface area contributed by atoms with E-state index in [2.05, 4.69) is 19.2 Å². The normalized spacial score (nSPS) is 11.5. The lowest BCUT2D eigenvalue weighted by Crippen LogP contribution is -2.19. The molecule has 0 aliphatic carbocycles. The molecule has 1 rings (SSSR count). The van der Waals surface area contributed by atoms with Gasteiger partial charge in [-0.3, -0.25) is 4.79 Å². The fourth-order valence-corrected chi connectivity index (χ4v) is 1.57. The van der Waals surface area contributed by atoms with E-state index in [0.29, 0.717) is 6.07 Å². The Balaban J connectivity index is 3.27. The highest BCUT2D eigenvalue weighted by Gasteiger charge is 2.35. The van der Waals surface area contributed by atoms with Gasteiger partial charge in [-0.2, -0.15) is 0 Å². The summed E-state index contributed by atoms with van der Waals surface area (Å²) in [5.74, 6) is -2.70. The third-order valence-electron chi connectivity index (χ3n) is 2.31. The molecule has 0 amide bonds. The highest BCUT2D eigenvalue weighted by Crippen LogP contribution is 2.38. The van der Waals surface area contributed by atoms with Gasteiger partial charge in [0, 0.05) is 6.07 Å². The summed E-state index contributed by atoms with van der Waals surface area (Å²) in [4.78, 5) is 14.9. The predicted octanol–water partition coefficient (Wildman–Crippen LogP) is 3.03. The second-order valence-electron chi connectivity index (χ2n) is 3.86. The van der Waals surface area contributed by atoms with Crippen LogP contribution < -0.4 is 9.47 Å². The first-order chi connectivity index (χ1) is 10.2. The second-order valence-corrected chi connectivity index (χ2v) is 3.86. The maximum atomic E-state index is 12.9. The summed E-state index contributed by atoms with van der Waals surface area (Å²) in [5, 5.41) is 0. The molecule has 0 aromatic carbocycles. The minimum Gasteiger partial charge on any atom is -0.481 e. The summed E-state index contributed by atoms with van der Waals surface area (Å²) in [6, 6.07) is 0.606. The number of carbonyl (C=O) groups is 1. The first kappa shape index (κ1) is 17.9. The van der Waals surface area contributed by atoms with Crippen molar-refractivity contribution in [3.05, 3.63) is 17.3 Å². The van der Waals surface area contributed by atoms with Crippen LogP contribution in [0.15, 0.2) is 6.07 Å². The van der Waals surface area contributed by atoms with Crippen LogP contribution in [0.1, 0.15) is 24.6 Å². The van der Waals surface area contributed by atoms with Gasteiger partial charge in [-0.15, -0.1) is 13.2 Å². The van der Waals surface area contributed by atoms with Crippen LogP contribution in [0.25, 0.3) is 0 Å². The first-order valence-corrected chi connectivity index (χ1v) is 5.95. The van der Waals surface area contributed by atoms with Crippen molar-refractivity contribution in [2.24, 2.45) is 0 Å². The average Bonchev–Trinajstić information content (AvgIpc) is 2.35. The van der Waals surface area contributed by atoms with Crippen molar-refractivity contribution in [1.82, 2.24) is 4.98 Å². The Kier molecular flexibility index (Phi) is 5.89. The van der Waals surface area contributed by atoms with Gasteiger partial charge in [0.05, 0.1) is 25.8 Å². The molecule has 22 heavy (non-hydrogen) atoms. The van der Waals surface area contributed by atoms with Crippen molar-refractivity contribution in [3.8, 4) is 11.6 Å². The van der Waals surface area contributed by atoms with Crippen LogP contribution in [-0.2, 0) is 16.0 Å². The number of ether oxygens (including phenoxy) is 3. The van der Waals surface area contributed by atoms with Gasteiger partial charge in [0.15, 0.2) is 0 Å². The number of hydrogen-bond donors (Lipinski definition) is 0. The molecule has 10 heteroatoms. The van der Waals surface area contributed by atoms with E-state index in [1.165, 1.54) is 6.92 Å². The maximum absolute atomic E-state index is 12.9. The Hall–Kier alpha value is -2.13. The molecule has 5 nitrogen and oxygen atoms in total. The van der Waals surface area contributed by atoms with E-state index in [9.17, 15) is 26.7 Å². The van der Waals surface area contributed by atoms with Gasteiger partial charge < -0.3 is 14.2 Å². The standard InChI is InChI=1S/C12H12F5NO4/c1-3-21-8(19)5-6-4-7(22-12(15,16)17)9(10(13)14)11(18-6)20-2/h4,10H,3,5H2,1-2H3. The zero-order valence-electron chi connectivity index (χ0n) is 11.5. The average molecular weight is 329 g/mol. The number of methoxy groups -OCH3 is 1. The minimum absolute atomic E-state index is 0.0526. The second kappa shape index (κ2) is 7.23. The summed E-state index contributed by atoms with van der Waals surface area (Å²) in [6.45, 7) is 1.58. The lowest BCUT2D eigenvalue weighted by atomic mass is 10.2. The Labute approximate surface area is 122 Å². The lowest BCUT2D eigenvalue weighted by molar-refractivity contribution is -0.275. The maximum Gasteiger partial charge on any atom is 0.573 e. The number of hydrogen-bond acceptors (Lipinski definition) is 5. The number of nitrogens with zero attached hydrogens (tertiary/aromatic N) is 1. The number of esters is 1. The molecule has 124 valence electrons. The fraction of sp³-hybridized carbons (Fsp3) is 0.500. The number of pyridine rings is 1. The number of halogens is 5. The summed E-state index contributed by atoms with van der Waals surface area (Å²) < 4.78 is 75.5. The molecule has 1 heterocycles. The van der Waals surface area contributed by atoms with Crippen LogP contribution in [0.5, 0.6) is 11.6 Å². The van der Waals surface area contributed by atoms with E-state index in [4.69, 9.17) is 0 Å². The van der Waals surface area contributed by atoms with Gasteiger partial charge in [0.25, 0.3) is 6.43 Å². The van der Waals surface area contributed by atoms with Crippen LogP contribution in [0.2, 0.25) is 0 Å². The van der Waals surface area contributed by atoms with E-state index in [1.807, 2.05) is 0 Å². The number of carbonyl (C=O) groups excluding carboxylic acids is 1. The van der Waals surface area contributed by atoms with E-state index < -0.39 is 42.4 Å². The van der Waals surface area contributed by atoms with Crippen molar-refractivity contribution in [2.75, 3.05) is 13.7 Å². The molecule has 0 aliphatic rings. The topological polar surface area (TPSA) is 57.7 Å². The Bertz CT molecular complexity index is 533. The molecular weight excluding hydrogens is 317 g/mol. The molecule has 0 spiro atoms. The summed E-state index contributed by atoms with van der Waals surface area (Å²) in [6.07, 6.45) is -9.00. The molecule has 0 bridgehead atoms. The van der Waals surface area contributed by atoms with E-state index in [1.54, 1.807) is 0 Å². The van der Waals surface area contributed by atoms with Crippen LogP contribution in [0.3, 0.4) is 0 Å². The molecule has 0 saturated carbocycles.